The van der Waals surface area contributed by atoms with Gasteiger partial charge in [-0.05, 0) is 47.1 Å². The summed E-state index contributed by atoms with van der Waals surface area (Å²) in [6.45, 7) is 1.86. The second kappa shape index (κ2) is 4.28. The molecule has 76 valence electrons. The van der Waals surface area contributed by atoms with Gasteiger partial charge >= 0.3 is 0 Å². The number of hydrogen-bond donors (Lipinski definition) is 1. The van der Waals surface area contributed by atoms with E-state index in [0.717, 1.165) is 19.5 Å². The molecule has 1 N–H and O–H groups in total. The summed E-state index contributed by atoms with van der Waals surface area (Å²) in [5.74, 6) is 0.453. The van der Waals surface area contributed by atoms with E-state index in [1.165, 1.54) is 6.07 Å². The van der Waals surface area contributed by atoms with Crippen molar-refractivity contribution in [2.45, 2.75) is 12.5 Å². The van der Waals surface area contributed by atoms with E-state index in [0.29, 0.717) is 10.2 Å². The minimum absolute atomic E-state index is 0.215. The quantitative estimate of drug-likeness (QED) is 0.881. The van der Waals surface area contributed by atoms with Gasteiger partial charge < -0.3 is 10.1 Å². The van der Waals surface area contributed by atoms with Crippen LogP contribution in [0.5, 0.6) is 5.75 Å². The molecule has 2 nitrogen and oxygen atoms in total. The average molecular weight is 260 g/mol. The van der Waals surface area contributed by atoms with Crippen LogP contribution in [0, 0.1) is 5.82 Å². The molecular formula is C10H11BrFNO. The minimum atomic E-state index is -0.262. The third-order valence-electron chi connectivity index (χ3n) is 2.21. The second-order valence-electron chi connectivity index (χ2n) is 3.31. The maximum Gasteiger partial charge on any atom is 0.137 e. The second-order valence-corrected chi connectivity index (χ2v) is 4.16. The maximum atomic E-state index is 12.9. The van der Waals surface area contributed by atoms with Crippen molar-refractivity contribution in [1.29, 1.82) is 0 Å². The Balaban J connectivity index is 2.05. The molecule has 0 unspecified atom stereocenters. The van der Waals surface area contributed by atoms with E-state index < -0.39 is 0 Å². The van der Waals surface area contributed by atoms with E-state index in [9.17, 15) is 4.39 Å². The third-order valence-corrected chi connectivity index (χ3v) is 2.82. The Labute approximate surface area is 90.6 Å². The zero-order valence-electron chi connectivity index (χ0n) is 7.59. The van der Waals surface area contributed by atoms with Gasteiger partial charge in [-0.25, -0.2) is 4.39 Å². The monoisotopic (exact) mass is 259 g/mol. The molecule has 0 aliphatic carbocycles. The lowest BCUT2D eigenvalue weighted by Gasteiger charge is -2.12. The fourth-order valence-corrected chi connectivity index (χ4v) is 1.83. The topological polar surface area (TPSA) is 21.3 Å². The Morgan fingerprint density at radius 1 is 1.50 bits per heavy atom. The van der Waals surface area contributed by atoms with Crippen LogP contribution in [-0.4, -0.2) is 19.2 Å². The Bertz CT molecular complexity index is 326. The first-order valence-corrected chi connectivity index (χ1v) is 5.37. The van der Waals surface area contributed by atoms with Gasteiger partial charge in [0.2, 0.25) is 0 Å². The Morgan fingerprint density at radius 2 is 2.36 bits per heavy atom. The first kappa shape index (κ1) is 9.93. The van der Waals surface area contributed by atoms with E-state index in [2.05, 4.69) is 21.2 Å². The molecule has 0 aromatic heterocycles. The van der Waals surface area contributed by atoms with Gasteiger partial charge in [-0.3, -0.25) is 0 Å². The molecule has 2 rings (SSSR count). The molecule has 0 radical (unpaired) electrons. The van der Waals surface area contributed by atoms with E-state index in [-0.39, 0.29) is 11.9 Å². The summed E-state index contributed by atoms with van der Waals surface area (Å²) < 4.78 is 19.0. The highest BCUT2D eigenvalue weighted by Gasteiger charge is 2.16. The van der Waals surface area contributed by atoms with Crippen molar-refractivity contribution in [2.75, 3.05) is 13.1 Å². The number of ether oxygens (including phenoxy) is 1. The van der Waals surface area contributed by atoms with Crippen LogP contribution in [0.15, 0.2) is 22.7 Å². The lowest BCUT2D eigenvalue weighted by Crippen LogP contribution is -2.19. The molecule has 1 aromatic carbocycles. The van der Waals surface area contributed by atoms with Gasteiger partial charge in [0.15, 0.2) is 0 Å². The van der Waals surface area contributed by atoms with Crippen molar-refractivity contribution < 1.29 is 9.13 Å². The highest BCUT2D eigenvalue weighted by Crippen LogP contribution is 2.23. The average Bonchev–Trinajstić information content (AvgIpc) is 2.64. The van der Waals surface area contributed by atoms with Gasteiger partial charge in [0.25, 0.3) is 0 Å². The predicted octanol–water partition coefficient (Wildman–Crippen LogP) is 2.33. The standard InChI is InChI=1S/C10H11BrFNO/c11-9-5-7(1-2-10(9)12)14-8-3-4-13-6-8/h1-2,5,8,13H,3-4,6H2/t8-/m1/s1. The van der Waals surface area contributed by atoms with Crippen LogP contribution >= 0.6 is 15.9 Å². The van der Waals surface area contributed by atoms with Gasteiger partial charge in [-0.15, -0.1) is 0 Å². The van der Waals surface area contributed by atoms with Gasteiger partial charge in [-0.2, -0.15) is 0 Å². The summed E-state index contributed by atoms with van der Waals surface area (Å²) >= 11 is 3.12. The molecule has 14 heavy (non-hydrogen) atoms. The molecular weight excluding hydrogens is 249 g/mol. The minimum Gasteiger partial charge on any atom is -0.489 e. The number of hydrogen-bond acceptors (Lipinski definition) is 2. The van der Waals surface area contributed by atoms with Gasteiger partial charge in [0.1, 0.15) is 17.7 Å². The fourth-order valence-electron chi connectivity index (χ4n) is 1.47. The molecule has 0 amide bonds. The highest BCUT2D eigenvalue weighted by molar-refractivity contribution is 9.10. The Hall–Kier alpha value is -0.610. The van der Waals surface area contributed by atoms with Crippen LogP contribution < -0.4 is 10.1 Å². The number of halogens is 2. The fraction of sp³-hybridized carbons (Fsp3) is 0.400. The van der Waals surface area contributed by atoms with Crippen molar-refractivity contribution in [3.05, 3.63) is 28.5 Å². The van der Waals surface area contributed by atoms with Gasteiger partial charge in [0, 0.05) is 6.54 Å². The summed E-state index contributed by atoms with van der Waals surface area (Å²) in [7, 11) is 0. The van der Waals surface area contributed by atoms with Crippen molar-refractivity contribution in [3.63, 3.8) is 0 Å². The molecule has 0 saturated carbocycles. The summed E-state index contributed by atoms with van der Waals surface area (Å²) in [6.07, 6.45) is 1.22. The normalized spacial score (nSPS) is 21.1. The van der Waals surface area contributed by atoms with E-state index in [1.807, 2.05) is 0 Å². The summed E-state index contributed by atoms with van der Waals surface area (Å²) in [4.78, 5) is 0. The summed E-state index contributed by atoms with van der Waals surface area (Å²) in [5.41, 5.74) is 0. The lowest BCUT2D eigenvalue weighted by atomic mass is 10.3. The molecule has 0 spiro atoms. The Kier molecular flexibility index (Phi) is 3.03. The maximum absolute atomic E-state index is 12.9. The van der Waals surface area contributed by atoms with Crippen molar-refractivity contribution in [2.24, 2.45) is 0 Å². The first-order valence-electron chi connectivity index (χ1n) is 4.58. The molecule has 1 saturated heterocycles. The molecule has 0 bridgehead atoms. The number of benzene rings is 1. The van der Waals surface area contributed by atoms with Crippen LogP contribution in [0.3, 0.4) is 0 Å². The van der Waals surface area contributed by atoms with Crippen molar-refractivity contribution in [3.8, 4) is 5.75 Å². The molecule has 4 heteroatoms. The van der Waals surface area contributed by atoms with Crippen LogP contribution in [0.2, 0.25) is 0 Å². The van der Waals surface area contributed by atoms with Crippen LogP contribution in [-0.2, 0) is 0 Å². The van der Waals surface area contributed by atoms with Crippen molar-refractivity contribution >= 4 is 15.9 Å². The zero-order chi connectivity index (χ0) is 9.97. The van der Waals surface area contributed by atoms with Crippen LogP contribution in [0.4, 0.5) is 4.39 Å². The number of rotatable bonds is 2. The summed E-state index contributed by atoms with van der Waals surface area (Å²) in [5, 5.41) is 3.21. The largest absolute Gasteiger partial charge is 0.489 e. The van der Waals surface area contributed by atoms with Crippen LogP contribution in [0.25, 0.3) is 0 Å². The third kappa shape index (κ3) is 2.25. The smallest absolute Gasteiger partial charge is 0.137 e. The van der Waals surface area contributed by atoms with E-state index in [4.69, 9.17) is 4.74 Å². The Morgan fingerprint density at radius 3 is 3.00 bits per heavy atom. The molecule has 1 fully saturated rings. The molecule has 1 aliphatic heterocycles. The molecule has 1 heterocycles. The van der Waals surface area contributed by atoms with E-state index >= 15 is 0 Å². The van der Waals surface area contributed by atoms with Crippen molar-refractivity contribution in [1.82, 2.24) is 5.32 Å². The van der Waals surface area contributed by atoms with Crippen LogP contribution in [0.1, 0.15) is 6.42 Å². The highest BCUT2D eigenvalue weighted by atomic mass is 79.9. The van der Waals surface area contributed by atoms with Gasteiger partial charge in [0.05, 0.1) is 4.47 Å². The number of nitrogens with one attached hydrogen (secondary N) is 1. The van der Waals surface area contributed by atoms with Gasteiger partial charge in [-0.1, -0.05) is 0 Å². The molecule has 1 aliphatic rings. The SMILES string of the molecule is Fc1ccc(O[C@@H]2CCNC2)cc1Br. The first-order chi connectivity index (χ1) is 6.75. The molecule has 1 aromatic rings. The summed E-state index contributed by atoms with van der Waals surface area (Å²) in [6, 6.07) is 4.72. The molecule has 1 atom stereocenters. The lowest BCUT2D eigenvalue weighted by molar-refractivity contribution is 0.222. The predicted molar refractivity (Wildman–Crippen MR) is 56.0 cm³/mol. The van der Waals surface area contributed by atoms with E-state index in [1.54, 1.807) is 12.1 Å². The zero-order valence-corrected chi connectivity index (χ0v) is 9.18.